The van der Waals surface area contributed by atoms with E-state index >= 15 is 0 Å². The lowest BCUT2D eigenvalue weighted by Crippen LogP contribution is -2.03. The van der Waals surface area contributed by atoms with Crippen LogP contribution in [0.25, 0.3) is 0 Å². The fraction of sp³-hybridized carbons (Fsp3) is 0.400. The molecule has 112 valence electrons. The van der Waals surface area contributed by atoms with Gasteiger partial charge in [0.1, 0.15) is 5.75 Å². The summed E-state index contributed by atoms with van der Waals surface area (Å²) < 4.78 is 10.8. The van der Waals surface area contributed by atoms with E-state index in [1.165, 1.54) is 0 Å². The van der Waals surface area contributed by atoms with Crippen LogP contribution in [0.1, 0.15) is 53.0 Å². The average molecular weight is 290 g/mol. The van der Waals surface area contributed by atoms with Crippen LogP contribution >= 0.6 is 0 Å². The van der Waals surface area contributed by atoms with Gasteiger partial charge in [0, 0.05) is 5.92 Å². The molecule has 0 aliphatic rings. The summed E-state index contributed by atoms with van der Waals surface area (Å²) in [6.07, 6.45) is 0. The Kier molecular flexibility index (Phi) is 4.26. The number of hydrogen-bond donors (Lipinski definition) is 1. The van der Waals surface area contributed by atoms with E-state index in [1.807, 2.05) is 27.7 Å². The molecule has 2 aromatic rings. The van der Waals surface area contributed by atoms with Gasteiger partial charge in [0.15, 0.2) is 12.4 Å². The van der Waals surface area contributed by atoms with Gasteiger partial charge in [-0.1, -0.05) is 19.0 Å². The zero-order valence-corrected chi connectivity index (χ0v) is 12.5. The molecular formula is C15H18N2O4. The van der Waals surface area contributed by atoms with E-state index < -0.39 is 5.97 Å². The summed E-state index contributed by atoms with van der Waals surface area (Å²) in [6, 6.07) is 3.16. The van der Waals surface area contributed by atoms with Gasteiger partial charge >= 0.3 is 5.97 Å². The monoisotopic (exact) mass is 290 g/mol. The second kappa shape index (κ2) is 5.95. The lowest BCUT2D eigenvalue weighted by molar-refractivity contribution is 0.0696. The molecule has 0 aliphatic heterocycles. The van der Waals surface area contributed by atoms with Gasteiger partial charge in [-0.2, -0.15) is 4.98 Å². The summed E-state index contributed by atoms with van der Waals surface area (Å²) in [5.74, 6) is 0.930. The summed E-state index contributed by atoms with van der Waals surface area (Å²) >= 11 is 0. The second-order valence-electron chi connectivity index (χ2n) is 5.23. The summed E-state index contributed by atoms with van der Waals surface area (Å²) in [5.41, 5.74) is 1.77. The second-order valence-corrected chi connectivity index (χ2v) is 5.23. The molecule has 0 unspecified atom stereocenters. The largest absolute Gasteiger partial charge is 0.483 e. The number of benzene rings is 1. The molecule has 2 rings (SSSR count). The quantitative estimate of drug-likeness (QED) is 0.910. The Bertz CT molecular complexity index is 638. The van der Waals surface area contributed by atoms with Gasteiger partial charge in [-0.3, -0.25) is 0 Å². The van der Waals surface area contributed by atoms with Gasteiger partial charge in [0.2, 0.25) is 0 Å². The number of nitrogens with zero attached hydrogens (tertiary/aromatic N) is 2. The standard InChI is InChI=1S/C15H18N2O4/c1-8(2)14-16-12(21-17-14)7-20-13-9(3)5-11(15(18)19)6-10(13)4/h5-6,8H,7H2,1-4H3,(H,18,19). The topological polar surface area (TPSA) is 85.5 Å². The van der Waals surface area contributed by atoms with Crippen LogP contribution in [0.2, 0.25) is 0 Å². The molecular weight excluding hydrogens is 272 g/mol. The van der Waals surface area contributed by atoms with Gasteiger partial charge in [-0.25, -0.2) is 4.79 Å². The van der Waals surface area contributed by atoms with Crippen LogP contribution in [0.4, 0.5) is 0 Å². The molecule has 21 heavy (non-hydrogen) atoms. The molecule has 0 radical (unpaired) electrons. The van der Waals surface area contributed by atoms with Crippen LogP contribution < -0.4 is 4.74 Å². The van der Waals surface area contributed by atoms with E-state index in [-0.39, 0.29) is 18.1 Å². The van der Waals surface area contributed by atoms with Crippen molar-refractivity contribution in [2.75, 3.05) is 0 Å². The SMILES string of the molecule is Cc1cc(C(=O)O)cc(C)c1OCc1nc(C(C)C)no1. The van der Waals surface area contributed by atoms with Crippen molar-refractivity contribution in [1.29, 1.82) is 0 Å². The van der Waals surface area contributed by atoms with Crippen LogP contribution in [-0.2, 0) is 6.61 Å². The number of aromatic carboxylic acids is 1. The molecule has 0 amide bonds. The molecule has 1 aromatic carbocycles. The fourth-order valence-electron chi connectivity index (χ4n) is 2.00. The highest BCUT2D eigenvalue weighted by Gasteiger charge is 2.13. The number of carboxylic acids is 1. The number of aromatic nitrogens is 2. The van der Waals surface area contributed by atoms with Crippen molar-refractivity contribution < 1.29 is 19.2 Å². The smallest absolute Gasteiger partial charge is 0.335 e. The fourth-order valence-corrected chi connectivity index (χ4v) is 2.00. The molecule has 6 heteroatoms. The van der Waals surface area contributed by atoms with Gasteiger partial charge in [-0.15, -0.1) is 0 Å². The summed E-state index contributed by atoms with van der Waals surface area (Å²) in [7, 11) is 0. The average Bonchev–Trinajstić information content (AvgIpc) is 2.86. The molecule has 0 saturated heterocycles. The molecule has 1 aromatic heterocycles. The van der Waals surface area contributed by atoms with E-state index in [9.17, 15) is 4.79 Å². The number of carbonyl (C=O) groups is 1. The molecule has 0 bridgehead atoms. The Balaban J connectivity index is 2.14. The predicted molar refractivity (Wildman–Crippen MR) is 75.6 cm³/mol. The number of rotatable bonds is 5. The van der Waals surface area contributed by atoms with Crippen molar-refractivity contribution in [3.05, 3.63) is 40.5 Å². The van der Waals surface area contributed by atoms with Gasteiger partial charge in [0.25, 0.3) is 5.89 Å². The lowest BCUT2D eigenvalue weighted by atomic mass is 10.1. The zero-order chi connectivity index (χ0) is 15.6. The van der Waals surface area contributed by atoms with E-state index in [1.54, 1.807) is 12.1 Å². The van der Waals surface area contributed by atoms with Gasteiger partial charge < -0.3 is 14.4 Å². The van der Waals surface area contributed by atoms with Crippen molar-refractivity contribution in [1.82, 2.24) is 10.1 Å². The third kappa shape index (κ3) is 3.39. The molecule has 1 heterocycles. The Labute approximate surface area is 122 Å². The van der Waals surface area contributed by atoms with Crippen LogP contribution in [0, 0.1) is 13.8 Å². The highest BCUT2D eigenvalue weighted by Crippen LogP contribution is 2.25. The first-order valence-electron chi connectivity index (χ1n) is 6.68. The van der Waals surface area contributed by atoms with Crippen molar-refractivity contribution >= 4 is 5.97 Å². The van der Waals surface area contributed by atoms with E-state index in [2.05, 4.69) is 10.1 Å². The van der Waals surface area contributed by atoms with Crippen LogP contribution in [0.5, 0.6) is 5.75 Å². The molecule has 0 spiro atoms. The first-order valence-corrected chi connectivity index (χ1v) is 6.68. The first-order chi connectivity index (χ1) is 9.88. The van der Waals surface area contributed by atoms with Crippen LogP contribution in [0.15, 0.2) is 16.7 Å². The van der Waals surface area contributed by atoms with Crippen molar-refractivity contribution in [2.45, 2.75) is 40.2 Å². The Hall–Kier alpha value is -2.37. The molecule has 0 fully saturated rings. The minimum Gasteiger partial charge on any atom is -0.483 e. The summed E-state index contributed by atoms with van der Waals surface area (Å²) in [6.45, 7) is 7.74. The minimum absolute atomic E-state index is 0.161. The summed E-state index contributed by atoms with van der Waals surface area (Å²) in [5, 5.41) is 12.9. The number of ether oxygens (including phenoxy) is 1. The number of carboxylic acid groups (broad SMARTS) is 1. The third-order valence-electron chi connectivity index (χ3n) is 3.05. The normalized spacial score (nSPS) is 10.9. The number of aryl methyl sites for hydroxylation is 2. The minimum atomic E-state index is -0.953. The van der Waals surface area contributed by atoms with Crippen LogP contribution in [0.3, 0.4) is 0 Å². The van der Waals surface area contributed by atoms with Crippen LogP contribution in [-0.4, -0.2) is 21.2 Å². The highest BCUT2D eigenvalue weighted by atomic mass is 16.5. The van der Waals surface area contributed by atoms with Crippen molar-refractivity contribution in [3.63, 3.8) is 0 Å². The molecule has 1 N–H and O–H groups in total. The maximum absolute atomic E-state index is 11.0. The van der Waals surface area contributed by atoms with Crippen molar-refractivity contribution in [2.24, 2.45) is 0 Å². The van der Waals surface area contributed by atoms with E-state index in [4.69, 9.17) is 14.4 Å². The van der Waals surface area contributed by atoms with Gasteiger partial charge in [-0.05, 0) is 37.1 Å². The number of hydrogen-bond acceptors (Lipinski definition) is 5. The Morgan fingerprint density at radius 3 is 2.43 bits per heavy atom. The molecule has 6 nitrogen and oxygen atoms in total. The molecule has 0 aliphatic carbocycles. The molecule has 0 saturated carbocycles. The Morgan fingerprint density at radius 1 is 1.33 bits per heavy atom. The first kappa shape index (κ1) is 15.0. The zero-order valence-electron chi connectivity index (χ0n) is 12.5. The Morgan fingerprint density at radius 2 is 1.95 bits per heavy atom. The van der Waals surface area contributed by atoms with Crippen molar-refractivity contribution in [3.8, 4) is 5.75 Å². The van der Waals surface area contributed by atoms with E-state index in [0.717, 1.165) is 11.1 Å². The maximum atomic E-state index is 11.0. The highest BCUT2D eigenvalue weighted by molar-refractivity contribution is 5.88. The molecule has 0 atom stereocenters. The van der Waals surface area contributed by atoms with E-state index in [0.29, 0.717) is 17.5 Å². The van der Waals surface area contributed by atoms with Gasteiger partial charge in [0.05, 0.1) is 5.56 Å². The lowest BCUT2D eigenvalue weighted by Gasteiger charge is -2.11. The predicted octanol–water partition coefficient (Wildman–Crippen LogP) is 3.09. The summed E-state index contributed by atoms with van der Waals surface area (Å²) in [4.78, 5) is 15.2. The third-order valence-corrected chi connectivity index (χ3v) is 3.05. The maximum Gasteiger partial charge on any atom is 0.335 e.